The summed E-state index contributed by atoms with van der Waals surface area (Å²) in [7, 11) is 0. The average Bonchev–Trinajstić information content (AvgIpc) is 2.44. The second kappa shape index (κ2) is 6.18. The zero-order valence-corrected chi connectivity index (χ0v) is 11.5. The van der Waals surface area contributed by atoms with Crippen molar-refractivity contribution >= 4 is 11.5 Å². The van der Waals surface area contributed by atoms with Gasteiger partial charge in [-0.3, -0.25) is 0 Å². The molecule has 2 aromatic rings. The van der Waals surface area contributed by atoms with Crippen molar-refractivity contribution in [2.24, 2.45) is 0 Å². The lowest BCUT2D eigenvalue weighted by molar-refractivity contribution is 0.942. The summed E-state index contributed by atoms with van der Waals surface area (Å²) in [5.74, 6) is 1.22. The SMILES string of the molecule is CCc1cccc(CC)c1NCc1nccc(N)n1. The molecule has 0 aliphatic rings. The molecule has 0 bridgehead atoms. The molecule has 0 amide bonds. The van der Waals surface area contributed by atoms with E-state index in [1.54, 1.807) is 12.3 Å². The van der Waals surface area contributed by atoms with E-state index in [-0.39, 0.29) is 0 Å². The van der Waals surface area contributed by atoms with Crippen LogP contribution in [0.4, 0.5) is 11.5 Å². The number of benzene rings is 1. The summed E-state index contributed by atoms with van der Waals surface area (Å²) in [6.07, 6.45) is 3.70. The van der Waals surface area contributed by atoms with E-state index in [0.717, 1.165) is 12.8 Å². The van der Waals surface area contributed by atoms with Gasteiger partial charge in [0.2, 0.25) is 0 Å². The van der Waals surface area contributed by atoms with Crippen LogP contribution in [-0.4, -0.2) is 9.97 Å². The predicted octanol–water partition coefficient (Wildman–Crippen LogP) is 2.80. The Hall–Kier alpha value is -2.10. The van der Waals surface area contributed by atoms with Gasteiger partial charge in [-0.15, -0.1) is 0 Å². The van der Waals surface area contributed by atoms with E-state index < -0.39 is 0 Å². The smallest absolute Gasteiger partial charge is 0.149 e. The number of nitrogen functional groups attached to an aromatic ring is 1. The third-order valence-corrected chi connectivity index (χ3v) is 3.15. The standard InChI is InChI=1S/C15H20N4/c1-3-11-6-5-7-12(4-2)15(11)18-10-14-17-9-8-13(16)19-14/h5-9,18H,3-4,10H2,1-2H3,(H2,16,17,19). The fraction of sp³-hybridized carbons (Fsp3) is 0.333. The Kier molecular flexibility index (Phi) is 4.34. The first-order chi connectivity index (χ1) is 9.24. The maximum Gasteiger partial charge on any atom is 0.149 e. The van der Waals surface area contributed by atoms with Crippen molar-refractivity contribution in [3.63, 3.8) is 0 Å². The number of aryl methyl sites for hydroxylation is 2. The molecule has 1 aromatic carbocycles. The molecule has 4 heteroatoms. The summed E-state index contributed by atoms with van der Waals surface area (Å²) in [4.78, 5) is 8.42. The minimum absolute atomic E-state index is 0.506. The number of rotatable bonds is 5. The summed E-state index contributed by atoms with van der Waals surface area (Å²) in [5.41, 5.74) is 9.51. The largest absolute Gasteiger partial charge is 0.384 e. The number of nitrogens with zero attached hydrogens (tertiary/aromatic N) is 2. The summed E-state index contributed by atoms with van der Waals surface area (Å²) >= 11 is 0. The molecule has 2 rings (SSSR count). The third-order valence-electron chi connectivity index (χ3n) is 3.15. The molecule has 0 spiro atoms. The molecule has 0 saturated carbocycles. The molecule has 0 atom stereocenters. The highest BCUT2D eigenvalue weighted by atomic mass is 15.0. The Morgan fingerprint density at radius 3 is 2.37 bits per heavy atom. The lowest BCUT2D eigenvalue weighted by atomic mass is 10.0. The Labute approximate surface area is 114 Å². The highest BCUT2D eigenvalue weighted by Gasteiger charge is 2.06. The molecule has 4 nitrogen and oxygen atoms in total. The van der Waals surface area contributed by atoms with Crippen LogP contribution in [0.5, 0.6) is 0 Å². The number of nitrogens with two attached hydrogens (primary N) is 1. The maximum absolute atomic E-state index is 5.66. The summed E-state index contributed by atoms with van der Waals surface area (Å²) in [6.45, 7) is 4.92. The van der Waals surface area contributed by atoms with Gasteiger partial charge in [0.25, 0.3) is 0 Å². The van der Waals surface area contributed by atoms with Gasteiger partial charge in [-0.05, 0) is 30.0 Å². The van der Waals surface area contributed by atoms with E-state index in [4.69, 9.17) is 5.73 Å². The van der Waals surface area contributed by atoms with Crippen LogP contribution in [-0.2, 0) is 19.4 Å². The van der Waals surface area contributed by atoms with Crippen LogP contribution >= 0.6 is 0 Å². The van der Waals surface area contributed by atoms with Crippen LogP contribution in [0.2, 0.25) is 0 Å². The van der Waals surface area contributed by atoms with Gasteiger partial charge < -0.3 is 11.1 Å². The molecule has 100 valence electrons. The summed E-state index contributed by atoms with van der Waals surface area (Å²) in [5, 5.41) is 3.45. The molecular formula is C15H20N4. The van der Waals surface area contributed by atoms with Crippen molar-refractivity contribution in [3.05, 3.63) is 47.4 Å². The van der Waals surface area contributed by atoms with Crippen molar-refractivity contribution in [2.75, 3.05) is 11.1 Å². The highest BCUT2D eigenvalue weighted by molar-refractivity contribution is 5.57. The Balaban J connectivity index is 2.19. The van der Waals surface area contributed by atoms with E-state index in [1.807, 2.05) is 0 Å². The number of anilines is 2. The van der Waals surface area contributed by atoms with E-state index in [2.05, 4.69) is 47.3 Å². The topological polar surface area (TPSA) is 63.8 Å². The van der Waals surface area contributed by atoms with Crippen LogP contribution in [0, 0.1) is 0 Å². The number of hydrogen-bond acceptors (Lipinski definition) is 4. The van der Waals surface area contributed by atoms with Gasteiger partial charge in [0.05, 0.1) is 6.54 Å². The fourth-order valence-corrected chi connectivity index (χ4v) is 2.14. The van der Waals surface area contributed by atoms with E-state index in [9.17, 15) is 0 Å². The van der Waals surface area contributed by atoms with Gasteiger partial charge in [0.15, 0.2) is 0 Å². The molecule has 0 saturated heterocycles. The second-order valence-corrected chi connectivity index (χ2v) is 4.41. The fourth-order valence-electron chi connectivity index (χ4n) is 2.14. The van der Waals surface area contributed by atoms with Gasteiger partial charge in [0.1, 0.15) is 11.6 Å². The average molecular weight is 256 g/mol. The first-order valence-electron chi connectivity index (χ1n) is 6.66. The number of hydrogen-bond donors (Lipinski definition) is 2. The predicted molar refractivity (Wildman–Crippen MR) is 79.0 cm³/mol. The lowest BCUT2D eigenvalue weighted by Crippen LogP contribution is -2.08. The minimum atomic E-state index is 0.506. The number of nitrogens with one attached hydrogen (secondary N) is 1. The van der Waals surface area contributed by atoms with E-state index in [0.29, 0.717) is 18.2 Å². The van der Waals surface area contributed by atoms with Crippen LogP contribution in [0.3, 0.4) is 0 Å². The summed E-state index contributed by atoms with van der Waals surface area (Å²) < 4.78 is 0. The van der Waals surface area contributed by atoms with Crippen molar-refractivity contribution in [3.8, 4) is 0 Å². The zero-order valence-electron chi connectivity index (χ0n) is 11.5. The van der Waals surface area contributed by atoms with Crippen molar-refractivity contribution in [2.45, 2.75) is 33.2 Å². The van der Waals surface area contributed by atoms with Crippen LogP contribution in [0.25, 0.3) is 0 Å². The zero-order chi connectivity index (χ0) is 13.7. The van der Waals surface area contributed by atoms with Crippen molar-refractivity contribution < 1.29 is 0 Å². The maximum atomic E-state index is 5.66. The van der Waals surface area contributed by atoms with Gasteiger partial charge in [0, 0.05) is 11.9 Å². The van der Waals surface area contributed by atoms with Crippen LogP contribution in [0.1, 0.15) is 30.8 Å². The molecule has 1 heterocycles. The first kappa shape index (κ1) is 13.3. The molecule has 3 N–H and O–H groups in total. The Bertz CT molecular complexity index is 529. The van der Waals surface area contributed by atoms with Crippen molar-refractivity contribution in [1.82, 2.24) is 9.97 Å². The Morgan fingerprint density at radius 1 is 1.11 bits per heavy atom. The van der Waals surface area contributed by atoms with Crippen LogP contribution < -0.4 is 11.1 Å². The minimum Gasteiger partial charge on any atom is -0.384 e. The molecule has 0 fully saturated rings. The van der Waals surface area contributed by atoms with E-state index in [1.165, 1.54) is 16.8 Å². The molecule has 0 unspecified atom stereocenters. The number of aromatic nitrogens is 2. The molecule has 0 aliphatic carbocycles. The van der Waals surface area contributed by atoms with Gasteiger partial charge in [-0.1, -0.05) is 32.0 Å². The monoisotopic (exact) mass is 256 g/mol. The van der Waals surface area contributed by atoms with Crippen molar-refractivity contribution in [1.29, 1.82) is 0 Å². The Morgan fingerprint density at radius 2 is 1.79 bits per heavy atom. The molecule has 0 aliphatic heterocycles. The summed E-state index contributed by atoms with van der Waals surface area (Å²) in [6, 6.07) is 8.12. The number of para-hydroxylation sites is 1. The quantitative estimate of drug-likeness (QED) is 0.863. The molecular weight excluding hydrogens is 236 g/mol. The van der Waals surface area contributed by atoms with Crippen LogP contribution in [0.15, 0.2) is 30.5 Å². The highest BCUT2D eigenvalue weighted by Crippen LogP contribution is 2.22. The lowest BCUT2D eigenvalue weighted by Gasteiger charge is -2.14. The van der Waals surface area contributed by atoms with E-state index >= 15 is 0 Å². The van der Waals surface area contributed by atoms with Gasteiger partial charge >= 0.3 is 0 Å². The first-order valence-corrected chi connectivity index (χ1v) is 6.66. The second-order valence-electron chi connectivity index (χ2n) is 4.41. The molecule has 0 radical (unpaired) electrons. The molecule has 1 aromatic heterocycles. The molecule has 19 heavy (non-hydrogen) atoms. The normalized spacial score (nSPS) is 10.4. The third kappa shape index (κ3) is 3.22. The van der Waals surface area contributed by atoms with Gasteiger partial charge in [-0.2, -0.15) is 0 Å². The van der Waals surface area contributed by atoms with Gasteiger partial charge in [-0.25, -0.2) is 9.97 Å².